The summed E-state index contributed by atoms with van der Waals surface area (Å²) in [5, 5.41) is 11.4. The average Bonchev–Trinajstić information content (AvgIpc) is 3.01. The first-order chi connectivity index (χ1) is 11.7. The van der Waals surface area contributed by atoms with Crippen LogP contribution < -0.4 is 10.2 Å². The predicted octanol–water partition coefficient (Wildman–Crippen LogP) is 3.91. The van der Waals surface area contributed by atoms with Gasteiger partial charge in [-0.25, -0.2) is 0 Å². The number of furan rings is 1. The predicted molar refractivity (Wildman–Crippen MR) is 86.7 cm³/mol. The smallest absolute Gasteiger partial charge is 0.416 e. The fourth-order valence-corrected chi connectivity index (χ4v) is 1.92. The Morgan fingerprint density at radius 2 is 2.00 bits per heavy atom. The van der Waals surface area contributed by atoms with Gasteiger partial charge < -0.3 is 14.6 Å². The van der Waals surface area contributed by atoms with Gasteiger partial charge in [0, 0.05) is 31.9 Å². The van der Waals surface area contributed by atoms with Crippen LogP contribution >= 0.6 is 0 Å². The van der Waals surface area contributed by atoms with Crippen LogP contribution in [0.2, 0.25) is 0 Å². The Labute approximate surface area is 142 Å². The van der Waals surface area contributed by atoms with E-state index in [9.17, 15) is 18.0 Å². The zero-order valence-corrected chi connectivity index (χ0v) is 13.4. The highest BCUT2D eigenvalue weighted by atomic mass is 19.4. The second kappa shape index (κ2) is 7.13. The number of anilines is 2. The molecule has 0 aliphatic carbocycles. The van der Waals surface area contributed by atoms with Crippen molar-refractivity contribution in [3.05, 3.63) is 53.3 Å². The molecule has 0 saturated carbocycles. The summed E-state index contributed by atoms with van der Waals surface area (Å²) in [6.45, 7) is 0. The van der Waals surface area contributed by atoms with Crippen molar-refractivity contribution in [3.8, 4) is 6.07 Å². The van der Waals surface area contributed by atoms with Gasteiger partial charge in [-0.1, -0.05) is 6.07 Å². The van der Waals surface area contributed by atoms with Crippen LogP contribution in [0.15, 0.2) is 46.4 Å². The highest BCUT2D eigenvalue weighted by Gasteiger charge is 2.30. The van der Waals surface area contributed by atoms with Crippen LogP contribution in [0, 0.1) is 11.3 Å². The standard InChI is InChI=1S/C17H14F3N3O2/c1-23(2)15-7-6-14(25-15)8-11(10-21)16(24)22-13-5-3-4-12(9-13)17(18,19)20/h3-9H,1-2H3,(H,22,24)/b11-8+. The zero-order chi connectivity index (χ0) is 18.6. The summed E-state index contributed by atoms with van der Waals surface area (Å²) in [7, 11) is 3.52. The number of nitrogens with zero attached hydrogens (tertiary/aromatic N) is 2. The summed E-state index contributed by atoms with van der Waals surface area (Å²) in [4.78, 5) is 13.8. The van der Waals surface area contributed by atoms with E-state index in [0.29, 0.717) is 5.88 Å². The van der Waals surface area contributed by atoms with Gasteiger partial charge in [-0.05, 0) is 24.3 Å². The quantitative estimate of drug-likeness (QED) is 0.671. The molecule has 5 nitrogen and oxygen atoms in total. The zero-order valence-electron chi connectivity index (χ0n) is 13.4. The molecule has 0 spiro atoms. The van der Waals surface area contributed by atoms with Crippen LogP contribution in [0.3, 0.4) is 0 Å². The Morgan fingerprint density at radius 3 is 2.56 bits per heavy atom. The second-order valence-corrected chi connectivity index (χ2v) is 5.27. The Kier molecular flexibility index (Phi) is 5.17. The van der Waals surface area contributed by atoms with Gasteiger partial charge in [-0.15, -0.1) is 0 Å². The largest absolute Gasteiger partial charge is 0.441 e. The molecule has 0 bridgehead atoms. The Balaban J connectivity index is 2.20. The Hall–Kier alpha value is -3.21. The van der Waals surface area contributed by atoms with E-state index in [0.717, 1.165) is 12.1 Å². The van der Waals surface area contributed by atoms with Crippen molar-refractivity contribution in [1.82, 2.24) is 0 Å². The maximum absolute atomic E-state index is 12.7. The van der Waals surface area contributed by atoms with Gasteiger partial charge >= 0.3 is 6.18 Å². The number of hydrogen-bond acceptors (Lipinski definition) is 4. The van der Waals surface area contributed by atoms with Gasteiger partial charge in [0.15, 0.2) is 5.88 Å². The molecule has 0 unspecified atom stereocenters. The van der Waals surface area contributed by atoms with Gasteiger partial charge in [0.05, 0.1) is 5.56 Å². The lowest BCUT2D eigenvalue weighted by Gasteiger charge is -2.09. The fourth-order valence-electron chi connectivity index (χ4n) is 1.92. The summed E-state index contributed by atoms with van der Waals surface area (Å²) in [6, 6.07) is 9.10. The highest BCUT2D eigenvalue weighted by molar-refractivity contribution is 6.09. The van der Waals surface area contributed by atoms with Crippen molar-refractivity contribution < 1.29 is 22.4 Å². The Bertz CT molecular complexity index is 845. The van der Waals surface area contributed by atoms with E-state index >= 15 is 0 Å². The maximum Gasteiger partial charge on any atom is 0.416 e. The van der Waals surface area contributed by atoms with Crippen molar-refractivity contribution in [1.29, 1.82) is 5.26 Å². The molecule has 0 fully saturated rings. The SMILES string of the molecule is CN(C)c1ccc(/C=C(\C#N)C(=O)Nc2cccc(C(F)(F)F)c2)o1. The average molecular weight is 349 g/mol. The monoisotopic (exact) mass is 349 g/mol. The molecule has 0 aliphatic heterocycles. The first kappa shape index (κ1) is 18.1. The highest BCUT2D eigenvalue weighted by Crippen LogP contribution is 2.30. The van der Waals surface area contributed by atoms with Gasteiger partial charge in [0.2, 0.25) is 0 Å². The van der Waals surface area contributed by atoms with Gasteiger partial charge in [0.25, 0.3) is 5.91 Å². The van der Waals surface area contributed by atoms with Crippen LogP contribution in [-0.2, 0) is 11.0 Å². The normalized spacial score (nSPS) is 11.8. The van der Waals surface area contributed by atoms with Crippen molar-refractivity contribution in [2.24, 2.45) is 0 Å². The van der Waals surface area contributed by atoms with Gasteiger partial charge in [-0.2, -0.15) is 18.4 Å². The second-order valence-electron chi connectivity index (χ2n) is 5.27. The minimum atomic E-state index is -4.52. The van der Waals surface area contributed by atoms with Gasteiger partial charge in [0.1, 0.15) is 17.4 Å². The number of alkyl halides is 3. The molecule has 8 heteroatoms. The molecule has 1 aromatic heterocycles. The number of carbonyl (C=O) groups excluding carboxylic acids is 1. The Morgan fingerprint density at radius 1 is 1.28 bits per heavy atom. The number of hydrogen-bond donors (Lipinski definition) is 1. The lowest BCUT2D eigenvalue weighted by molar-refractivity contribution is -0.137. The lowest BCUT2D eigenvalue weighted by atomic mass is 10.1. The van der Waals surface area contributed by atoms with E-state index < -0.39 is 17.6 Å². The summed E-state index contributed by atoms with van der Waals surface area (Å²) >= 11 is 0. The van der Waals surface area contributed by atoms with Crippen LogP contribution in [0.5, 0.6) is 0 Å². The van der Waals surface area contributed by atoms with Crippen LogP contribution in [-0.4, -0.2) is 20.0 Å². The number of carbonyl (C=O) groups is 1. The molecule has 0 radical (unpaired) electrons. The van der Waals surface area contributed by atoms with E-state index in [1.165, 1.54) is 18.2 Å². The maximum atomic E-state index is 12.7. The molecule has 2 rings (SSSR count). The minimum absolute atomic E-state index is 0.0607. The molecular weight excluding hydrogens is 335 g/mol. The molecule has 25 heavy (non-hydrogen) atoms. The third-order valence-electron chi connectivity index (χ3n) is 3.15. The number of amides is 1. The van der Waals surface area contributed by atoms with Crippen LogP contribution in [0.25, 0.3) is 6.08 Å². The van der Waals surface area contributed by atoms with E-state index in [-0.39, 0.29) is 17.0 Å². The molecule has 1 amide bonds. The van der Waals surface area contributed by atoms with E-state index in [4.69, 9.17) is 9.68 Å². The van der Waals surface area contributed by atoms with Crippen LogP contribution in [0.4, 0.5) is 24.7 Å². The number of rotatable bonds is 4. The van der Waals surface area contributed by atoms with Crippen LogP contribution in [0.1, 0.15) is 11.3 Å². The molecule has 0 saturated heterocycles. The third-order valence-corrected chi connectivity index (χ3v) is 3.15. The first-order valence-electron chi connectivity index (χ1n) is 7.08. The first-order valence-corrected chi connectivity index (χ1v) is 7.08. The molecule has 2 aromatic rings. The van der Waals surface area contributed by atoms with E-state index in [2.05, 4.69) is 5.32 Å². The lowest BCUT2D eigenvalue weighted by Crippen LogP contribution is -2.14. The van der Waals surface area contributed by atoms with Crippen molar-refractivity contribution in [3.63, 3.8) is 0 Å². The fraction of sp³-hybridized carbons (Fsp3) is 0.176. The van der Waals surface area contributed by atoms with Gasteiger partial charge in [-0.3, -0.25) is 4.79 Å². The molecule has 0 aliphatic rings. The molecule has 130 valence electrons. The summed E-state index contributed by atoms with van der Waals surface area (Å²) in [5.41, 5.74) is -1.25. The molecule has 1 heterocycles. The van der Waals surface area contributed by atoms with Crippen molar-refractivity contribution in [2.45, 2.75) is 6.18 Å². The summed E-state index contributed by atoms with van der Waals surface area (Å²) in [6.07, 6.45) is -3.30. The third kappa shape index (κ3) is 4.64. The molecule has 0 atom stereocenters. The minimum Gasteiger partial charge on any atom is -0.441 e. The van der Waals surface area contributed by atoms with Crippen molar-refractivity contribution in [2.75, 3.05) is 24.3 Å². The van der Waals surface area contributed by atoms with E-state index in [1.54, 1.807) is 37.2 Å². The topological polar surface area (TPSA) is 69.3 Å². The molecule has 1 N–H and O–H groups in total. The summed E-state index contributed by atoms with van der Waals surface area (Å²) in [5.74, 6) is -0.0223. The summed E-state index contributed by atoms with van der Waals surface area (Å²) < 4.78 is 43.5. The molecule has 1 aromatic carbocycles. The van der Waals surface area contributed by atoms with Crippen molar-refractivity contribution >= 4 is 23.6 Å². The van der Waals surface area contributed by atoms with E-state index in [1.807, 2.05) is 0 Å². The number of benzene rings is 1. The number of nitriles is 1. The molecular formula is C17H14F3N3O2. The number of halogens is 3. The number of nitrogens with one attached hydrogen (secondary N) is 1.